The molecule has 0 unspecified atom stereocenters. The summed E-state index contributed by atoms with van der Waals surface area (Å²) in [5, 5.41) is 10.8. The van der Waals surface area contributed by atoms with Gasteiger partial charge in [0, 0.05) is 23.9 Å². The van der Waals surface area contributed by atoms with E-state index in [-0.39, 0.29) is 11.8 Å². The fourth-order valence-electron chi connectivity index (χ4n) is 3.45. The molecule has 1 saturated heterocycles. The Morgan fingerprint density at radius 1 is 1.21 bits per heavy atom. The van der Waals surface area contributed by atoms with Crippen molar-refractivity contribution in [2.45, 2.75) is 45.3 Å². The maximum absolute atomic E-state index is 12.0. The molecule has 1 amide bonds. The van der Waals surface area contributed by atoms with Crippen molar-refractivity contribution in [3.05, 3.63) is 63.2 Å². The van der Waals surface area contributed by atoms with Crippen molar-refractivity contribution in [3.63, 3.8) is 0 Å². The molecule has 0 radical (unpaired) electrons. The van der Waals surface area contributed by atoms with Crippen LogP contribution >= 0.6 is 23.4 Å². The van der Waals surface area contributed by atoms with Gasteiger partial charge in [0.15, 0.2) is 0 Å². The molecule has 2 aromatic rings. The minimum atomic E-state index is 0.240. The third-order valence-electron chi connectivity index (χ3n) is 5.28. The molecule has 150 valence electrons. The van der Waals surface area contributed by atoms with Crippen LogP contribution in [0.25, 0.3) is 0 Å². The van der Waals surface area contributed by atoms with Crippen LogP contribution in [-0.4, -0.2) is 34.8 Å². The average molecular weight is 418 g/mol. The van der Waals surface area contributed by atoms with E-state index in [1.807, 2.05) is 17.0 Å². The van der Waals surface area contributed by atoms with Crippen molar-refractivity contribution >= 4 is 29.3 Å². The van der Waals surface area contributed by atoms with E-state index in [9.17, 15) is 9.90 Å². The van der Waals surface area contributed by atoms with Gasteiger partial charge in [0.05, 0.1) is 5.75 Å². The number of hydrogen-bond donors (Lipinski definition) is 1. The minimum absolute atomic E-state index is 0.240. The lowest BCUT2D eigenvalue weighted by Gasteiger charge is -2.30. The van der Waals surface area contributed by atoms with E-state index >= 15 is 0 Å². The van der Waals surface area contributed by atoms with Crippen LogP contribution in [-0.2, 0) is 17.0 Å². The van der Waals surface area contributed by atoms with Crippen LogP contribution in [0.4, 0.5) is 0 Å². The Kier molecular flexibility index (Phi) is 6.95. The zero-order valence-electron chi connectivity index (χ0n) is 16.8. The van der Waals surface area contributed by atoms with Gasteiger partial charge in [-0.05, 0) is 65.6 Å². The van der Waals surface area contributed by atoms with Gasteiger partial charge in [0.1, 0.15) is 5.75 Å². The Bertz CT molecular complexity index is 839. The molecule has 0 saturated carbocycles. The van der Waals surface area contributed by atoms with E-state index in [2.05, 4.69) is 32.9 Å². The molecule has 0 bridgehead atoms. The molecule has 0 aromatic heterocycles. The zero-order chi connectivity index (χ0) is 20.3. The monoisotopic (exact) mass is 417 g/mol. The summed E-state index contributed by atoms with van der Waals surface area (Å²) < 4.78 is 0. The summed E-state index contributed by atoms with van der Waals surface area (Å²) >= 11 is 8.26. The summed E-state index contributed by atoms with van der Waals surface area (Å²) in [7, 11) is 0. The Hall–Kier alpha value is -1.65. The predicted octanol–water partition coefficient (Wildman–Crippen LogP) is 5.53. The number of carbonyl (C=O) groups is 1. The van der Waals surface area contributed by atoms with Crippen molar-refractivity contribution < 1.29 is 9.90 Å². The van der Waals surface area contributed by atoms with Gasteiger partial charge < -0.3 is 10.0 Å². The molecule has 1 aliphatic rings. The third-order valence-corrected chi connectivity index (χ3v) is 6.60. The van der Waals surface area contributed by atoms with Crippen LogP contribution in [0.1, 0.15) is 54.0 Å². The molecule has 3 nitrogen and oxygen atoms in total. The standard InChI is InChI=1S/C23H28ClNO2S/c1-15(2)19-10-17(5-6-22(19)26)11-20-16(3)9-18(12-21(20)24)13-28-14-23(27)25-7-4-8-25/h5-6,9-10,12,15,26H,4,7-8,11,13-14H2,1-3H3. The summed E-state index contributed by atoms with van der Waals surface area (Å²) in [4.78, 5) is 13.9. The number of hydrogen-bond acceptors (Lipinski definition) is 3. The number of aromatic hydroxyl groups is 1. The van der Waals surface area contributed by atoms with Crippen molar-refractivity contribution in [2.75, 3.05) is 18.8 Å². The highest BCUT2D eigenvalue weighted by Crippen LogP contribution is 2.30. The highest BCUT2D eigenvalue weighted by molar-refractivity contribution is 7.99. The minimum Gasteiger partial charge on any atom is -0.508 e. The quantitative estimate of drug-likeness (QED) is 0.643. The van der Waals surface area contributed by atoms with Gasteiger partial charge in [-0.1, -0.05) is 43.6 Å². The van der Waals surface area contributed by atoms with E-state index in [0.29, 0.717) is 11.5 Å². The van der Waals surface area contributed by atoms with Crippen LogP contribution in [0.15, 0.2) is 30.3 Å². The topological polar surface area (TPSA) is 40.5 Å². The molecule has 1 aliphatic heterocycles. The molecule has 1 fully saturated rings. The first-order valence-electron chi connectivity index (χ1n) is 9.80. The Balaban J connectivity index is 1.66. The molecule has 28 heavy (non-hydrogen) atoms. The van der Waals surface area contributed by atoms with Crippen molar-refractivity contribution in [3.8, 4) is 5.75 Å². The third kappa shape index (κ3) is 5.03. The molecular weight excluding hydrogens is 390 g/mol. The SMILES string of the molecule is Cc1cc(CSCC(=O)N2CCC2)cc(Cl)c1Cc1ccc(O)c(C(C)C)c1. The van der Waals surface area contributed by atoms with Gasteiger partial charge in [0.2, 0.25) is 5.91 Å². The molecule has 1 heterocycles. The number of thioether (sulfide) groups is 1. The Morgan fingerprint density at radius 2 is 1.96 bits per heavy atom. The second-order valence-electron chi connectivity index (χ2n) is 7.82. The second-order valence-corrected chi connectivity index (χ2v) is 9.22. The van der Waals surface area contributed by atoms with Gasteiger partial charge in [0.25, 0.3) is 0 Å². The van der Waals surface area contributed by atoms with Crippen molar-refractivity contribution in [1.29, 1.82) is 0 Å². The molecule has 1 N–H and O–H groups in total. The first kappa shape index (κ1) is 21.1. The largest absolute Gasteiger partial charge is 0.508 e. The number of aryl methyl sites for hydroxylation is 1. The lowest BCUT2D eigenvalue weighted by Crippen LogP contribution is -2.43. The maximum Gasteiger partial charge on any atom is 0.232 e. The van der Waals surface area contributed by atoms with E-state index in [0.717, 1.165) is 64.5 Å². The van der Waals surface area contributed by atoms with Crippen LogP contribution < -0.4 is 0 Å². The number of halogens is 1. The van der Waals surface area contributed by atoms with Crippen molar-refractivity contribution in [1.82, 2.24) is 4.90 Å². The molecule has 2 aromatic carbocycles. The van der Waals surface area contributed by atoms with Crippen LogP contribution in [0.5, 0.6) is 5.75 Å². The average Bonchev–Trinajstić information content (AvgIpc) is 2.57. The molecule has 5 heteroatoms. The number of rotatable bonds is 7. The van der Waals surface area contributed by atoms with E-state index < -0.39 is 0 Å². The maximum atomic E-state index is 12.0. The highest BCUT2D eigenvalue weighted by Gasteiger charge is 2.19. The molecular formula is C23H28ClNO2S. The Labute approximate surface area is 177 Å². The van der Waals surface area contributed by atoms with Gasteiger partial charge in [-0.25, -0.2) is 0 Å². The number of phenols is 1. The summed E-state index contributed by atoms with van der Waals surface area (Å²) in [6, 6.07) is 10.00. The predicted molar refractivity (Wildman–Crippen MR) is 119 cm³/mol. The van der Waals surface area contributed by atoms with Crippen LogP contribution in [0, 0.1) is 6.92 Å². The molecule has 0 spiro atoms. The van der Waals surface area contributed by atoms with Gasteiger partial charge >= 0.3 is 0 Å². The zero-order valence-corrected chi connectivity index (χ0v) is 18.4. The lowest BCUT2D eigenvalue weighted by atomic mass is 9.94. The molecule has 0 aliphatic carbocycles. The molecule has 3 rings (SSSR count). The first-order valence-corrected chi connectivity index (χ1v) is 11.3. The normalized spacial score (nSPS) is 13.7. The summed E-state index contributed by atoms with van der Waals surface area (Å²) in [5.74, 6) is 2.18. The number of amides is 1. The first-order chi connectivity index (χ1) is 13.3. The van der Waals surface area contributed by atoms with E-state index in [4.69, 9.17) is 11.6 Å². The van der Waals surface area contributed by atoms with Crippen LogP contribution in [0.3, 0.4) is 0 Å². The van der Waals surface area contributed by atoms with Crippen molar-refractivity contribution in [2.24, 2.45) is 0 Å². The van der Waals surface area contributed by atoms with Gasteiger partial charge in [-0.15, -0.1) is 11.8 Å². The second kappa shape index (κ2) is 9.23. The number of benzene rings is 2. The fourth-order valence-corrected chi connectivity index (χ4v) is 4.66. The highest BCUT2D eigenvalue weighted by atomic mass is 35.5. The summed E-state index contributed by atoms with van der Waals surface area (Å²) in [6.45, 7) is 8.07. The lowest BCUT2D eigenvalue weighted by molar-refractivity contribution is -0.131. The number of nitrogens with zero attached hydrogens (tertiary/aromatic N) is 1. The molecule has 0 atom stereocenters. The van der Waals surface area contributed by atoms with Crippen LogP contribution in [0.2, 0.25) is 5.02 Å². The summed E-state index contributed by atoms with van der Waals surface area (Å²) in [5.41, 5.74) is 5.55. The number of likely N-dealkylation sites (tertiary alicyclic amines) is 1. The van der Waals surface area contributed by atoms with Gasteiger partial charge in [-0.3, -0.25) is 4.79 Å². The smallest absolute Gasteiger partial charge is 0.232 e. The van der Waals surface area contributed by atoms with E-state index in [1.54, 1.807) is 17.8 Å². The number of phenolic OH excluding ortho intramolecular Hbond substituents is 1. The fraction of sp³-hybridized carbons (Fsp3) is 0.435. The Morgan fingerprint density at radius 3 is 2.57 bits per heavy atom. The number of carbonyl (C=O) groups excluding carboxylic acids is 1. The summed E-state index contributed by atoms with van der Waals surface area (Å²) in [6.07, 6.45) is 1.87. The van der Waals surface area contributed by atoms with E-state index in [1.165, 1.54) is 0 Å². The van der Waals surface area contributed by atoms with Gasteiger partial charge in [-0.2, -0.15) is 0 Å².